The molecule has 1 aromatic rings. The van der Waals surface area contributed by atoms with Gasteiger partial charge in [0.1, 0.15) is 0 Å². The lowest BCUT2D eigenvalue weighted by atomic mass is 10.1. The molecule has 1 rings (SSSR count). The lowest BCUT2D eigenvalue weighted by molar-refractivity contribution is 0.308. The maximum Gasteiger partial charge on any atom is 0.333 e. The molecule has 0 amide bonds. The van der Waals surface area contributed by atoms with Crippen molar-refractivity contribution in [3.8, 4) is 0 Å². The number of hydrogen-bond acceptors (Lipinski definition) is 3. The molecule has 0 aliphatic heterocycles. The van der Waals surface area contributed by atoms with E-state index in [0.29, 0.717) is 0 Å². The van der Waals surface area contributed by atoms with Crippen LogP contribution in [0.4, 0.5) is 0 Å². The molecule has 0 saturated carbocycles. The van der Waals surface area contributed by atoms with E-state index in [0.717, 1.165) is 12.0 Å². The number of nitrogens with two attached hydrogens (primary N) is 1. The molecule has 0 unspecified atom stereocenters. The van der Waals surface area contributed by atoms with Crippen LogP contribution in [0.3, 0.4) is 0 Å². The van der Waals surface area contributed by atoms with Gasteiger partial charge in [-0.2, -0.15) is 8.42 Å². The molecule has 0 spiro atoms. The minimum Gasteiger partial charge on any atom is -0.253 e. The SMILES string of the molecule is CCc1ccc(COS(N)(=O)=O)cc1. The van der Waals surface area contributed by atoms with Gasteiger partial charge in [-0.05, 0) is 17.5 Å². The van der Waals surface area contributed by atoms with Crippen LogP contribution in [0, 0.1) is 0 Å². The van der Waals surface area contributed by atoms with Crippen LogP contribution in [-0.4, -0.2) is 8.42 Å². The van der Waals surface area contributed by atoms with Gasteiger partial charge in [0, 0.05) is 0 Å². The summed E-state index contributed by atoms with van der Waals surface area (Å²) in [6.45, 7) is 2.04. The van der Waals surface area contributed by atoms with Gasteiger partial charge in [-0.25, -0.2) is 5.14 Å². The van der Waals surface area contributed by atoms with Gasteiger partial charge in [0.05, 0.1) is 6.61 Å². The average Bonchev–Trinajstić information content (AvgIpc) is 2.14. The summed E-state index contributed by atoms with van der Waals surface area (Å²) >= 11 is 0. The van der Waals surface area contributed by atoms with E-state index in [1.165, 1.54) is 5.56 Å². The fourth-order valence-electron chi connectivity index (χ4n) is 1.02. The van der Waals surface area contributed by atoms with E-state index in [-0.39, 0.29) is 6.61 Å². The summed E-state index contributed by atoms with van der Waals surface area (Å²) in [6.07, 6.45) is 0.955. The quantitative estimate of drug-likeness (QED) is 0.813. The lowest BCUT2D eigenvalue weighted by Crippen LogP contribution is -2.15. The second kappa shape index (κ2) is 4.54. The summed E-state index contributed by atoms with van der Waals surface area (Å²) in [5.74, 6) is 0. The Bertz CT molecular complexity index is 383. The molecule has 0 aliphatic carbocycles. The van der Waals surface area contributed by atoms with E-state index >= 15 is 0 Å². The van der Waals surface area contributed by atoms with Gasteiger partial charge in [-0.1, -0.05) is 31.2 Å². The van der Waals surface area contributed by atoms with Crippen molar-refractivity contribution in [1.82, 2.24) is 0 Å². The van der Waals surface area contributed by atoms with E-state index < -0.39 is 10.3 Å². The third-order valence-electron chi connectivity index (χ3n) is 1.82. The fourth-order valence-corrected chi connectivity index (χ4v) is 1.32. The van der Waals surface area contributed by atoms with E-state index in [2.05, 4.69) is 16.2 Å². The minimum atomic E-state index is -3.84. The Morgan fingerprint density at radius 3 is 2.14 bits per heavy atom. The monoisotopic (exact) mass is 215 g/mol. The van der Waals surface area contributed by atoms with Gasteiger partial charge in [0.15, 0.2) is 0 Å². The highest BCUT2D eigenvalue weighted by Gasteiger charge is 2.02. The van der Waals surface area contributed by atoms with Crippen LogP contribution in [0.5, 0.6) is 0 Å². The number of benzene rings is 1. The molecule has 0 saturated heterocycles. The van der Waals surface area contributed by atoms with Gasteiger partial charge >= 0.3 is 10.3 Å². The summed E-state index contributed by atoms with van der Waals surface area (Å²) in [7, 11) is -3.84. The molecule has 0 heterocycles. The maximum absolute atomic E-state index is 10.5. The molecule has 78 valence electrons. The summed E-state index contributed by atoms with van der Waals surface area (Å²) in [5, 5.41) is 4.69. The second-order valence-corrected chi connectivity index (χ2v) is 4.15. The van der Waals surface area contributed by atoms with Crippen molar-refractivity contribution in [3.63, 3.8) is 0 Å². The Morgan fingerprint density at radius 2 is 1.71 bits per heavy atom. The van der Waals surface area contributed by atoms with Crippen molar-refractivity contribution in [1.29, 1.82) is 0 Å². The molecule has 0 atom stereocenters. The maximum atomic E-state index is 10.5. The van der Waals surface area contributed by atoms with Crippen LogP contribution in [-0.2, 0) is 27.5 Å². The third-order valence-corrected chi connectivity index (χ3v) is 2.27. The van der Waals surface area contributed by atoms with Crippen molar-refractivity contribution in [2.75, 3.05) is 0 Å². The molecule has 4 nitrogen and oxygen atoms in total. The van der Waals surface area contributed by atoms with Crippen LogP contribution >= 0.6 is 0 Å². The summed E-state index contributed by atoms with van der Waals surface area (Å²) < 4.78 is 25.4. The molecule has 5 heteroatoms. The fraction of sp³-hybridized carbons (Fsp3) is 0.333. The predicted molar refractivity (Wildman–Crippen MR) is 53.7 cm³/mol. The van der Waals surface area contributed by atoms with E-state index in [4.69, 9.17) is 0 Å². The lowest BCUT2D eigenvalue weighted by Gasteiger charge is -2.02. The van der Waals surface area contributed by atoms with Gasteiger partial charge in [-0.3, -0.25) is 4.18 Å². The van der Waals surface area contributed by atoms with Crippen LogP contribution < -0.4 is 5.14 Å². The Labute approximate surface area is 83.9 Å². The highest BCUT2D eigenvalue weighted by atomic mass is 32.2. The van der Waals surface area contributed by atoms with E-state index in [1.807, 2.05) is 24.3 Å². The molecule has 0 aliphatic rings. The highest BCUT2D eigenvalue weighted by molar-refractivity contribution is 7.84. The summed E-state index contributed by atoms with van der Waals surface area (Å²) in [5.41, 5.74) is 1.99. The molecule has 14 heavy (non-hydrogen) atoms. The van der Waals surface area contributed by atoms with Gasteiger partial charge < -0.3 is 0 Å². The van der Waals surface area contributed by atoms with Gasteiger partial charge in [0.25, 0.3) is 0 Å². The van der Waals surface area contributed by atoms with Crippen molar-refractivity contribution < 1.29 is 12.6 Å². The largest absolute Gasteiger partial charge is 0.333 e. The standard InChI is InChI=1S/C9H13NO3S/c1-2-8-3-5-9(6-4-8)7-13-14(10,11)12/h3-6H,2,7H2,1H3,(H2,10,11,12). The van der Waals surface area contributed by atoms with Crippen LogP contribution in [0.25, 0.3) is 0 Å². The number of rotatable bonds is 4. The first-order valence-corrected chi connectivity index (χ1v) is 5.73. The zero-order valence-electron chi connectivity index (χ0n) is 7.93. The van der Waals surface area contributed by atoms with Crippen molar-refractivity contribution in [2.24, 2.45) is 5.14 Å². The molecule has 2 N–H and O–H groups in total. The van der Waals surface area contributed by atoms with Crippen molar-refractivity contribution in [2.45, 2.75) is 20.0 Å². The first-order chi connectivity index (χ1) is 6.51. The first-order valence-electron chi connectivity index (χ1n) is 4.26. The minimum absolute atomic E-state index is 0.0111. The number of hydrogen-bond donors (Lipinski definition) is 1. The number of aryl methyl sites for hydroxylation is 1. The normalized spacial score (nSPS) is 11.6. The molecule has 0 bridgehead atoms. The van der Waals surface area contributed by atoms with Gasteiger partial charge in [-0.15, -0.1) is 0 Å². The molecular formula is C9H13NO3S. The predicted octanol–water partition coefficient (Wildman–Crippen LogP) is 0.969. The molecule has 1 aromatic carbocycles. The van der Waals surface area contributed by atoms with E-state index in [9.17, 15) is 8.42 Å². The Morgan fingerprint density at radius 1 is 1.21 bits per heavy atom. The van der Waals surface area contributed by atoms with Crippen molar-refractivity contribution in [3.05, 3.63) is 35.4 Å². The Balaban J connectivity index is 2.61. The first kappa shape index (κ1) is 11.2. The summed E-state index contributed by atoms with van der Waals surface area (Å²) in [6, 6.07) is 7.51. The average molecular weight is 215 g/mol. The third kappa shape index (κ3) is 3.87. The van der Waals surface area contributed by atoms with Crippen LogP contribution in [0.2, 0.25) is 0 Å². The molecule has 0 aromatic heterocycles. The zero-order valence-corrected chi connectivity index (χ0v) is 8.75. The zero-order chi connectivity index (χ0) is 10.6. The Kier molecular flexibility index (Phi) is 3.62. The van der Waals surface area contributed by atoms with Gasteiger partial charge in [0.2, 0.25) is 0 Å². The smallest absolute Gasteiger partial charge is 0.253 e. The summed E-state index contributed by atoms with van der Waals surface area (Å²) in [4.78, 5) is 0. The topological polar surface area (TPSA) is 69.4 Å². The van der Waals surface area contributed by atoms with Crippen LogP contribution in [0.15, 0.2) is 24.3 Å². The molecule has 0 radical (unpaired) electrons. The highest BCUT2D eigenvalue weighted by Crippen LogP contribution is 2.06. The molecule has 0 fully saturated rings. The van der Waals surface area contributed by atoms with E-state index in [1.54, 1.807) is 0 Å². The van der Waals surface area contributed by atoms with Crippen LogP contribution in [0.1, 0.15) is 18.1 Å². The van der Waals surface area contributed by atoms with Crippen molar-refractivity contribution >= 4 is 10.3 Å². The Hall–Kier alpha value is -0.910. The second-order valence-electron chi connectivity index (χ2n) is 2.93. The molecular weight excluding hydrogens is 202 g/mol.